The van der Waals surface area contributed by atoms with Crippen LogP contribution in [0, 0.1) is 13.8 Å². The molecule has 0 aliphatic carbocycles. The molecule has 29 heavy (non-hydrogen) atoms. The van der Waals surface area contributed by atoms with E-state index >= 15 is 0 Å². The number of benzene rings is 2. The van der Waals surface area contributed by atoms with Gasteiger partial charge in [-0.25, -0.2) is 4.68 Å². The van der Waals surface area contributed by atoms with Crippen LogP contribution >= 0.6 is 11.6 Å². The maximum atomic E-state index is 12.5. The fourth-order valence-corrected chi connectivity index (χ4v) is 3.19. The number of para-hydroxylation sites is 1. The Morgan fingerprint density at radius 2 is 1.83 bits per heavy atom. The molecule has 2 N–H and O–H groups in total. The third-order valence-corrected chi connectivity index (χ3v) is 4.88. The van der Waals surface area contributed by atoms with E-state index in [4.69, 9.17) is 16.3 Å². The van der Waals surface area contributed by atoms with Crippen molar-refractivity contribution in [3.63, 3.8) is 0 Å². The number of carbonyl (C=O) groups excluding carboxylic acids is 1. The summed E-state index contributed by atoms with van der Waals surface area (Å²) in [6.07, 6.45) is 0. The predicted molar refractivity (Wildman–Crippen MR) is 115 cm³/mol. The highest BCUT2D eigenvalue weighted by molar-refractivity contribution is 6.30. The Morgan fingerprint density at radius 1 is 1.14 bits per heavy atom. The molecule has 3 aromatic rings. The Kier molecular flexibility index (Phi) is 6.90. The van der Waals surface area contributed by atoms with E-state index in [1.54, 1.807) is 12.1 Å². The van der Waals surface area contributed by atoms with Gasteiger partial charge in [-0.3, -0.25) is 4.79 Å². The number of likely N-dealkylation sites (N-methyl/N-ethyl adjacent to an activating group) is 1. The van der Waals surface area contributed by atoms with Gasteiger partial charge in [-0.15, -0.1) is 0 Å². The van der Waals surface area contributed by atoms with Crippen LogP contribution < -0.4 is 15.0 Å². The van der Waals surface area contributed by atoms with E-state index in [-0.39, 0.29) is 5.91 Å². The zero-order valence-corrected chi connectivity index (χ0v) is 17.7. The first-order chi connectivity index (χ1) is 13.9. The smallest absolute Gasteiger partial charge is 0.279 e. The van der Waals surface area contributed by atoms with Crippen molar-refractivity contribution in [1.82, 2.24) is 9.78 Å². The normalized spacial score (nSPS) is 11.9. The molecule has 2 aromatic carbocycles. The van der Waals surface area contributed by atoms with Gasteiger partial charge in [0.05, 0.1) is 29.8 Å². The molecule has 1 aromatic heterocycles. The number of halogens is 1. The minimum atomic E-state index is -0.0483. The molecule has 1 heterocycles. The van der Waals surface area contributed by atoms with Crippen LogP contribution in [0.25, 0.3) is 5.69 Å². The van der Waals surface area contributed by atoms with Crippen LogP contribution in [0.15, 0.2) is 54.6 Å². The molecule has 1 atom stereocenters. The van der Waals surface area contributed by atoms with Crippen molar-refractivity contribution in [2.24, 2.45) is 0 Å². The number of quaternary nitrogens is 1. The lowest BCUT2D eigenvalue weighted by Gasteiger charge is -2.14. The van der Waals surface area contributed by atoms with Crippen LogP contribution in [0.4, 0.5) is 5.69 Å². The van der Waals surface area contributed by atoms with Crippen LogP contribution in [0.5, 0.6) is 5.75 Å². The zero-order chi connectivity index (χ0) is 20.8. The molecular weight excluding hydrogens is 388 g/mol. The standard InChI is InChI=1S/C22H25ClN4O2/c1-16-22(17(2)27(25-16)19-7-5-4-6-8-19)24-21(28)15-26(3)13-14-29-20-11-9-18(23)10-12-20/h4-12H,13-15H2,1-3H3,(H,24,28)/p+1. The topological polar surface area (TPSA) is 60.6 Å². The number of hydrogen-bond donors (Lipinski definition) is 2. The Hall–Kier alpha value is -2.83. The number of ether oxygens (including phenoxy) is 1. The number of nitrogens with zero attached hydrogens (tertiary/aromatic N) is 2. The summed E-state index contributed by atoms with van der Waals surface area (Å²) in [5.74, 6) is 0.721. The third-order valence-electron chi connectivity index (χ3n) is 4.63. The molecule has 6 nitrogen and oxygen atoms in total. The Morgan fingerprint density at radius 3 is 2.52 bits per heavy atom. The summed E-state index contributed by atoms with van der Waals surface area (Å²) in [6.45, 7) is 5.43. The number of aromatic nitrogens is 2. The summed E-state index contributed by atoms with van der Waals surface area (Å²) >= 11 is 5.87. The molecule has 3 rings (SSSR count). The van der Waals surface area contributed by atoms with Crippen molar-refractivity contribution >= 4 is 23.2 Å². The average molecular weight is 414 g/mol. The van der Waals surface area contributed by atoms with Gasteiger partial charge in [0, 0.05) is 5.02 Å². The van der Waals surface area contributed by atoms with Crippen molar-refractivity contribution in [1.29, 1.82) is 0 Å². The molecule has 1 amide bonds. The van der Waals surface area contributed by atoms with E-state index in [1.807, 2.05) is 68.0 Å². The van der Waals surface area contributed by atoms with Crippen molar-refractivity contribution in [2.45, 2.75) is 13.8 Å². The SMILES string of the molecule is Cc1nn(-c2ccccc2)c(C)c1NC(=O)C[NH+](C)CCOc1ccc(Cl)cc1. The Balaban J connectivity index is 1.52. The number of amides is 1. The number of hydrogen-bond acceptors (Lipinski definition) is 3. The summed E-state index contributed by atoms with van der Waals surface area (Å²) in [5, 5.41) is 8.26. The van der Waals surface area contributed by atoms with Crippen molar-refractivity contribution in [2.75, 3.05) is 32.1 Å². The van der Waals surface area contributed by atoms with Crippen molar-refractivity contribution in [3.8, 4) is 11.4 Å². The van der Waals surface area contributed by atoms with Crippen LogP contribution in [0.2, 0.25) is 5.02 Å². The van der Waals surface area contributed by atoms with Gasteiger partial charge in [-0.2, -0.15) is 5.10 Å². The first-order valence-corrected chi connectivity index (χ1v) is 9.93. The van der Waals surface area contributed by atoms with Crippen LogP contribution in [0.1, 0.15) is 11.4 Å². The van der Waals surface area contributed by atoms with Crippen molar-refractivity contribution < 1.29 is 14.4 Å². The Bertz CT molecular complexity index is 955. The van der Waals surface area contributed by atoms with E-state index in [9.17, 15) is 4.79 Å². The molecule has 0 fully saturated rings. The molecule has 152 valence electrons. The molecule has 7 heteroatoms. The summed E-state index contributed by atoms with van der Waals surface area (Å²) in [7, 11) is 1.97. The predicted octanol–water partition coefficient (Wildman–Crippen LogP) is 2.67. The largest absolute Gasteiger partial charge is 0.488 e. The maximum absolute atomic E-state index is 12.5. The first-order valence-electron chi connectivity index (χ1n) is 9.55. The Labute approximate surface area is 176 Å². The molecular formula is C22H26ClN4O2+. The highest BCUT2D eigenvalue weighted by atomic mass is 35.5. The van der Waals surface area contributed by atoms with Gasteiger partial charge in [-0.05, 0) is 50.2 Å². The number of nitrogens with one attached hydrogen (secondary N) is 2. The van der Waals surface area contributed by atoms with Crippen LogP contribution in [-0.4, -0.2) is 42.4 Å². The highest BCUT2D eigenvalue weighted by Crippen LogP contribution is 2.22. The minimum Gasteiger partial charge on any atom is -0.488 e. The monoisotopic (exact) mass is 413 g/mol. The van der Waals surface area contributed by atoms with Gasteiger partial charge in [0.15, 0.2) is 6.54 Å². The lowest BCUT2D eigenvalue weighted by Crippen LogP contribution is -3.10. The second kappa shape index (κ2) is 9.58. The second-order valence-corrected chi connectivity index (χ2v) is 7.46. The van der Waals surface area contributed by atoms with Gasteiger partial charge in [0.25, 0.3) is 5.91 Å². The van der Waals surface area contributed by atoms with Crippen LogP contribution in [0.3, 0.4) is 0 Å². The fourth-order valence-electron chi connectivity index (χ4n) is 3.06. The number of aryl methyl sites for hydroxylation is 1. The van der Waals surface area contributed by atoms with E-state index < -0.39 is 0 Å². The molecule has 0 aliphatic heterocycles. The van der Waals surface area contributed by atoms with E-state index in [2.05, 4.69) is 10.4 Å². The fraction of sp³-hybridized carbons (Fsp3) is 0.273. The average Bonchev–Trinajstić information content (AvgIpc) is 2.98. The summed E-state index contributed by atoms with van der Waals surface area (Å²) in [5.41, 5.74) is 3.44. The highest BCUT2D eigenvalue weighted by Gasteiger charge is 2.17. The van der Waals surface area contributed by atoms with E-state index in [1.165, 1.54) is 0 Å². The molecule has 0 radical (unpaired) electrons. The molecule has 0 saturated heterocycles. The molecule has 0 spiro atoms. The summed E-state index contributed by atoms with van der Waals surface area (Å²) in [6, 6.07) is 17.1. The number of rotatable bonds is 8. The van der Waals surface area contributed by atoms with Crippen molar-refractivity contribution in [3.05, 3.63) is 71.0 Å². The third kappa shape index (κ3) is 5.59. The molecule has 0 bridgehead atoms. The maximum Gasteiger partial charge on any atom is 0.279 e. The second-order valence-electron chi connectivity index (χ2n) is 7.03. The molecule has 0 saturated carbocycles. The van der Waals surface area contributed by atoms with Gasteiger partial charge in [0.1, 0.15) is 18.9 Å². The quantitative estimate of drug-likeness (QED) is 0.597. The number of carbonyl (C=O) groups is 1. The van der Waals surface area contributed by atoms with Gasteiger partial charge >= 0.3 is 0 Å². The van der Waals surface area contributed by atoms with Gasteiger partial charge in [0.2, 0.25) is 0 Å². The lowest BCUT2D eigenvalue weighted by atomic mass is 10.3. The van der Waals surface area contributed by atoms with E-state index in [0.717, 1.165) is 33.4 Å². The van der Waals surface area contributed by atoms with E-state index in [0.29, 0.717) is 24.7 Å². The minimum absolute atomic E-state index is 0.0483. The zero-order valence-electron chi connectivity index (χ0n) is 16.9. The molecule has 1 unspecified atom stereocenters. The van der Waals surface area contributed by atoms with Gasteiger partial charge < -0.3 is 15.0 Å². The first kappa shape index (κ1) is 20.9. The van der Waals surface area contributed by atoms with Crippen LogP contribution in [-0.2, 0) is 4.79 Å². The molecule has 0 aliphatic rings. The van der Waals surface area contributed by atoms with Gasteiger partial charge in [-0.1, -0.05) is 29.8 Å². The lowest BCUT2D eigenvalue weighted by molar-refractivity contribution is -0.871. The summed E-state index contributed by atoms with van der Waals surface area (Å²) in [4.78, 5) is 13.6. The summed E-state index contributed by atoms with van der Waals surface area (Å²) < 4.78 is 7.55. The number of anilines is 1.